The van der Waals surface area contributed by atoms with Crippen molar-refractivity contribution in [2.75, 3.05) is 0 Å². The fourth-order valence-corrected chi connectivity index (χ4v) is 2.22. The Morgan fingerprint density at radius 2 is 2.06 bits per heavy atom. The van der Waals surface area contributed by atoms with E-state index in [0.29, 0.717) is 13.1 Å². The molecule has 0 saturated carbocycles. The van der Waals surface area contributed by atoms with Crippen LogP contribution in [0.1, 0.15) is 11.4 Å². The number of fused-ring (bicyclic) bond motifs is 1. The molecule has 0 radical (unpaired) electrons. The standard InChI is InChI=1S/C13H15N5/c1-17-13-5-3-2-4-11(13)12(16-17)9-18-10(8-14)6-7-15-18/h2-7H,8-9,14H2,1H3. The van der Waals surface area contributed by atoms with Gasteiger partial charge in [0.2, 0.25) is 0 Å². The molecular formula is C13H15N5. The summed E-state index contributed by atoms with van der Waals surface area (Å²) in [5.74, 6) is 0. The van der Waals surface area contributed by atoms with Gasteiger partial charge in [0.15, 0.2) is 0 Å². The van der Waals surface area contributed by atoms with E-state index in [1.807, 2.05) is 34.6 Å². The second-order valence-corrected chi connectivity index (χ2v) is 4.27. The van der Waals surface area contributed by atoms with Crippen molar-refractivity contribution < 1.29 is 0 Å². The molecule has 0 aliphatic heterocycles. The first-order valence-electron chi connectivity index (χ1n) is 5.91. The Morgan fingerprint density at radius 1 is 1.22 bits per heavy atom. The predicted molar refractivity (Wildman–Crippen MR) is 69.9 cm³/mol. The lowest BCUT2D eigenvalue weighted by Gasteiger charge is -2.03. The van der Waals surface area contributed by atoms with E-state index in [1.54, 1.807) is 6.20 Å². The van der Waals surface area contributed by atoms with Crippen LogP contribution in [0.3, 0.4) is 0 Å². The monoisotopic (exact) mass is 241 g/mol. The normalized spacial score (nSPS) is 11.2. The van der Waals surface area contributed by atoms with E-state index in [0.717, 1.165) is 16.9 Å². The fraction of sp³-hybridized carbons (Fsp3) is 0.231. The molecule has 2 heterocycles. The number of nitrogens with zero attached hydrogens (tertiary/aromatic N) is 4. The third-order valence-electron chi connectivity index (χ3n) is 3.15. The van der Waals surface area contributed by atoms with Crippen LogP contribution in [-0.2, 0) is 20.1 Å². The molecule has 2 N–H and O–H groups in total. The van der Waals surface area contributed by atoms with Gasteiger partial charge in [-0.25, -0.2) is 0 Å². The lowest BCUT2D eigenvalue weighted by atomic mass is 10.2. The summed E-state index contributed by atoms with van der Waals surface area (Å²) in [7, 11) is 1.96. The molecule has 1 aromatic carbocycles. The molecular weight excluding hydrogens is 226 g/mol. The lowest BCUT2D eigenvalue weighted by molar-refractivity contribution is 0.624. The topological polar surface area (TPSA) is 61.7 Å². The third kappa shape index (κ3) is 1.69. The molecule has 0 atom stereocenters. The van der Waals surface area contributed by atoms with E-state index in [2.05, 4.69) is 22.3 Å². The van der Waals surface area contributed by atoms with Crippen molar-refractivity contribution in [1.82, 2.24) is 19.6 Å². The molecule has 3 rings (SSSR count). The number of aryl methyl sites for hydroxylation is 1. The van der Waals surface area contributed by atoms with Crippen molar-refractivity contribution in [3.05, 3.63) is 47.9 Å². The molecule has 0 bridgehead atoms. The van der Waals surface area contributed by atoms with Crippen molar-refractivity contribution in [3.63, 3.8) is 0 Å². The molecule has 18 heavy (non-hydrogen) atoms. The highest BCUT2D eigenvalue weighted by Crippen LogP contribution is 2.18. The van der Waals surface area contributed by atoms with E-state index in [4.69, 9.17) is 5.73 Å². The zero-order valence-electron chi connectivity index (χ0n) is 10.2. The zero-order chi connectivity index (χ0) is 12.5. The molecule has 0 unspecified atom stereocenters. The Bertz CT molecular complexity index is 680. The molecule has 0 fully saturated rings. The first-order valence-corrected chi connectivity index (χ1v) is 5.91. The minimum absolute atomic E-state index is 0.491. The smallest absolute Gasteiger partial charge is 0.0918 e. The zero-order valence-corrected chi connectivity index (χ0v) is 10.2. The summed E-state index contributed by atoms with van der Waals surface area (Å²) in [4.78, 5) is 0. The molecule has 0 spiro atoms. The van der Waals surface area contributed by atoms with Crippen LogP contribution in [0.2, 0.25) is 0 Å². The van der Waals surface area contributed by atoms with Gasteiger partial charge in [0.1, 0.15) is 0 Å². The van der Waals surface area contributed by atoms with Crippen LogP contribution in [0.15, 0.2) is 36.5 Å². The number of para-hydroxylation sites is 1. The van der Waals surface area contributed by atoms with Crippen molar-refractivity contribution in [2.24, 2.45) is 12.8 Å². The first kappa shape index (κ1) is 11.0. The molecule has 5 nitrogen and oxygen atoms in total. The van der Waals surface area contributed by atoms with Gasteiger partial charge in [-0.1, -0.05) is 18.2 Å². The Balaban J connectivity index is 2.05. The van der Waals surface area contributed by atoms with Gasteiger partial charge in [-0.15, -0.1) is 0 Å². The second kappa shape index (κ2) is 4.27. The minimum Gasteiger partial charge on any atom is -0.325 e. The highest BCUT2D eigenvalue weighted by atomic mass is 15.3. The summed E-state index contributed by atoms with van der Waals surface area (Å²) in [5, 5.41) is 10.0. The van der Waals surface area contributed by atoms with Crippen LogP contribution in [0.25, 0.3) is 10.9 Å². The fourth-order valence-electron chi connectivity index (χ4n) is 2.22. The van der Waals surface area contributed by atoms with Gasteiger partial charge in [-0.3, -0.25) is 9.36 Å². The van der Waals surface area contributed by atoms with Crippen molar-refractivity contribution in [3.8, 4) is 0 Å². The van der Waals surface area contributed by atoms with Gasteiger partial charge in [0.05, 0.1) is 23.4 Å². The molecule has 92 valence electrons. The molecule has 0 aliphatic rings. The van der Waals surface area contributed by atoms with Gasteiger partial charge in [-0.2, -0.15) is 10.2 Å². The van der Waals surface area contributed by atoms with E-state index >= 15 is 0 Å². The van der Waals surface area contributed by atoms with Crippen LogP contribution >= 0.6 is 0 Å². The molecule has 5 heteroatoms. The van der Waals surface area contributed by atoms with Crippen LogP contribution in [0.4, 0.5) is 0 Å². The average molecular weight is 241 g/mol. The van der Waals surface area contributed by atoms with E-state index in [1.165, 1.54) is 5.39 Å². The number of hydrogen-bond donors (Lipinski definition) is 1. The number of benzene rings is 1. The highest BCUT2D eigenvalue weighted by molar-refractivity contribution is 5.81. The summed E-state index contributed by atoms with van der Waals surface area (Å²) in [6.45, 7) is 1.14. The van der Waals surface area contributed by atoms with Crippen molar-refractivity contribution in [1.29, 1.82) is 0 Å². The molecule has 0 amide bonds. The summed E-state index contributed by atoms with van der Waals surface area (Å²) in [5.41, 5.74) is 8.85. The summed E-state index contributed by atoms with van der Waals surface area (Å²) in [6.07, 6.45) is 1.77. The second-order valence-electron chi connectivity index (χ2n) is 4.27. The maximum atomic E-state index is 5.68. The van der Waals surface area contributed by atoms with Gasteiger partial charge in [-0.05, 0) is 12.1 Å². The average Bonchev–Trinajstić information content (AvgIpc) is 2.96. The van der Waals surface area contributed by atoms with Crippen molar-refractivity contribution in [2.45, 2.75) is 13.1 Å². The van der Waals surface area contributed by atoms with E-state index < -0.39 is 0 Å². The predicted octanol–water partition coefficient (Wildman–Crippen LogP) is 1.28. The van der Waals surface area contributed by atoms with Crippen LogP contribution < -0.4 is 5.73 Å². The highest BCUT2D eigenvalue weighted by Gasteiger charge is 2.10. The van der Waals surface area contributed by atoms with Gasteiger partial charge < -0.3 is 5.73 Å². The summed E-state index contributed by atoms with van der Waals surface area (Å²) < 4.78 is 3.80. The van der Waals surface area contributed by atoms with Crippen LogP contribution in [-0.4, -0.2) is 19.6 Å². The SMILES string of the molecule is Cn1nc(Cn2nccc2CN)c2ccccc21. The Hall–Kier alpha value is -2.14. The van der Waals surface area contributed by atoms with E-state index in [-0.39, 0.29) is 0 Å². The maximum Gasteiger partial charge on any atom is 0.0918 e. The lowest BCUT2D eigenvalue weighted by Crippen LogP contribution is -2.10. The minimum atomic E-state index is 0.491. The number of rotatable bonds is 3. The number of hydrogen-bond acceptors (Lipinski definition) is 3. The van der Waals surface area contributed by atoms with Gasteiger partial charge in [0, 0.05) is 25.2 Å². The van der Waals surface area contributed by atoms with Crippen LogP contribution in [0.5, 0.6) is 0 Å². The third-order valence-corrected chi connectivity index (χ3v) is 3.15. The van der Waals surface area contributed by atoms with E-state index in [9.17, 15) is 0 Å². The number of nitrogens with two attached hydrogens (primary N) is 1. The Morgan fingerprint density at radius 3 is 2.89 bits per heavy atom. The quantitative estimate of drug-likeness (QED) is 0.751. The van der Waals surface area contributed by atoms with Gasteiger partial charge >= 0.3 is 0 Å². The van der Waals surface area contributed by atoms with Crippen molar-refractivity contribution >= 4 is 10.9 Å². The molecule has 0 aliphatic carbocycles. The first-order chi connectivity index (χ1) is 8.79. The Kier molecular flexibility index (Phi) is 2.60. The molecule has 3 aromatic rings. The largest absolute Gasteiger partial charge is 0.325 e. The summed E-state index contributed by atoms with van der Waals surface area (Å²) >= 11 is 0. The van der Waals surface area contributed by atoms with Gasteiger partial charge in [0.25, 0.3) is 0 Å². The van der Waals surface area contributed by atoms with Crippen LogP contribution in [0, 0.1) is 0 Å². The summed E-state index contributed by atoms with van der Waals surface area (Å²) in [6, 6.07) is 10.1. The Labute approximate surface area is 105 Å². The molecule has 2 aromatic heterocycles. The molecule has 0 saturated heterocycles. The maximum absolute atomic E-state index is 5.68. The number of aromatic nitrogens is 4.